The Morgan fingerprint density at radius 1 is 1.11 bits per heavy atom. The fourth-order valence-electron chi connectivity index (χ4n) is 3.46. The van der Waals surface area contributed by atoms with Crippen molar-refractivity contribution in [3.63, 3.8) is 0 Å². The van der Waals surface area contributed by atoms with Gasteiger partial charge in [-0.3, -0.25) is 14.7 Å². The lowest BCUT2D eigenvalue weighted by atomic mass is 9.97. The van der Waals surface area contributed by atoms with Crippen molar-refractivity contribution in [3.05, 3.63) is 47.2 Å². The van der Waals surface area contributed by atoms with Crippen LogP contribution in [0.5, 0.6) is 0 Å². The second-order valence-corrected chi connectivity index (χ2v) is 7.08. The Balaban J connectivity index is 1.45. The van der Waals surface area contributed by atoms with Crippen molar-refractivity contribution in [3.8, 4) is 0 Å². The Hall–Kier alpha value is -2.77. The highest BCUT2D eigenvalue weighted by Gasteiger charge is 2.17. The van der Waals surface area contributed by atoms with E-state index in [0.29, 0.717) is 17.8 Å². The Morgan fingerprint density at radius 3 is 2.57 bits per heavy atom. The van der Waals surface area contributed by atoms with Crippen molar-refractivity contribution in [2.45, 2.75) is 50.9 Å². The van der Waals surface area contributed by atoms with Crippen molar-refractivity contribution in [1.82, 2.24) is 15.5 Å². The van der Waals surface area contributed by atoms with E-state index in [4.69, 9.17) is 0 Å². The summed E-state index contributed by atoms with van der Waals surface area (Å²) < 4.78 is 26.4. The van der Waals surface area contributed by atoms with Gasteiger partial charge in [0.05, 0.1) is 5.56 Å². The van der Waals surface area contributed by atoms with E-state index in [1.807, 2.05) is 6.07 Å². The Bertz CT molecular complexity index is 829. The summed E-state index contributed by atoms with van der Waals surface area (Å²) in [5, 5.41) is 12.3. The lowest BCUT2D eigenvalue weighted by molar-refractivity contribution is -0.116. The second kappa shape index (κ2) is 9.43. The average molecular weight is 390 g/mol. The molecule has 3 rings (SSSR count). The first-order valence-corrected chi connectivity index (χ1v) is 9.61. The highest BCUT2D eigenvalue weighted by atomic mass is 19.1. The summed E-state index contributed by atoms with van der Waals surface area (Å²) in [4.78, 5) is 23.9. The quantitative estimate of drug-likeness (QED) is 0.654. The smallest absolute Gasteiger partial charge is 0.254 e. The van der Waals surface area contributed by atoms with Crippen LogP contribution in [0, 0.1) is 11.6 Å². The number of halogens is 2. The molecule has 0 aliphatic heterocycles. The number of aromatic amines is 1. The maximum atomic E-state index is 13.6. The number of anilines is 1. The molecule has 0 saturated heterocycles. The molecule has 0 bridgehead atoms. The number of H-pyrrole nitrogens is 1. The van der Waals surface area contributed by atoms with Crippen LogP contribution in [-0.4, -0.2) is 28.6 Å². The molecular formula is C20H24F2N4O2. The maximum Gasteiger partial charge on any atom is 0.254 e. The standard InChI is InChI=1S/C20H24F2N4O2/c21-14-7-8-15(16(22)11-14)20(28)23-10-9-19(27)24-18-12-17(25-26-18)13-5-3-1-2-4-6-13/h7-8,11-13H,1-6,9-10H2,(H,23,28)(H2,24,25,26,27). The number of hydrogen-bond acceptors (Lipinski definition) is 3. The molecule has 0 unspecified atom stereocenters. The van der Waals surface area contributed by atoms with E-state index in [0.717, 1.165) is 30.7 Å². The number of carbonyl (C=O) groups is 2. The molecule has 1 aromatic heterocycles. The van der Waals surface area contributed by atoms with Crippen LogP contribution in [0.1, 0.15) is 66.9 Å². The van der Waals surface area contributed by atoms with E-state index in [1.165, 1.54) is 25.7 Å². The number of nitrogens with one attached hydrogen (secondary N) is 3. The molecule has 0 atom stereocenters. The molecule has 3 N–H and O–H groups in total. The van der Waals surface area contributed by atoms with Gasteiger partial charge in [-0.15, -0.1) is 0 Å². The first-order chi connectivity index (χ1) is 13.5. The van der Waals surface area contributed by atoms with Crippen molar-refractivity contribution in [1.29, 1.82) is 0 Å². The summed E-state index contributed by atoms with van der Waals surface area (Å²) in [5.74, 6) is -1.79. The van der Waals surface area contributed by atoms with Crippen molar-refractivity contribution < 1.29 is 18.4 Å². The lowest BCUT2D eigenvalue weighted by Crippen LogP contribution is -2.28. The van der Waals surface area contributed by atoms with Gasteiger partial charge in [-0.25, -0.2) is 8.78 Å². The Labute approximate surface area is 162 Å². The van der Waals surface area contributed by atoms with E-state index in [-0.39, 0.29) is 24.4 Å². The summed E-state index contributed by atoms with van der Waals surface area (Å²) in [7, 11) is 0. The Kier molecular flexibility index (Phi) is 6.73. The molecule has 0 radical (unpaired) electrons. The summed E-state index contributed by atoms with van der Waals surface area (Å²) in [6, 6.07) is 4.58. The van der Waals surface area contributed by atoms with Crippen LogP contribution >= 0.6 is 0 Å². The number of carbonyl (C=O) groups excluding carboxylic acids is 2. The van der Waals surface area contributed by atoms with E-state index < -0.39 is 17.5 Å². The topological polar surface area (TPSA) is 86.9 Å². The van der Waals surface area contributed by atoms with Crippen molar-refractivity contribution in [2.24, 2.45) is 0 Å². The van der Waals surface area contributed by atoms with Crippen LogP contribution in [0.4, 0.5) is 14.6 Å². The number of nitrogens with zero attached hydrogens (tertiary/aromatic N) is 1. The molecule has 0 spiro atoms. The summed E-state index contributed by atoms with van der Waals surface area (Å²) in [6.45, 7) is 0.0292. The second-order valence-electron chi connectivity index (χ2n) is 7.08. The zero-order valence-corrected chi connectivity index (χ0v) is 15.6. The van der Waals surface area contributed by atoms with Gasteiger partial charge in [-0.1, -0.05) is 25.7 Å². The van der Waals surface area contributed by atoms with Crippen LogP contribution in [0.25, 0.3) is 0 Å². The minimum atomic E-state index is -0.940. The maximum absolute atomic E-state index is 13.6. The molecule has 8 heteroatoms. The molecule has 1 heterocycles. The molecule has 150 valence electrons. The lowest BCUT2D eigenvalue weighted by Gasteiger charge is -2.10. The average Bonchev–Trinajstić information content (AvgIpc) is 2.94. The van der Waals surface area contributed by atoms with Gasteiger partial charge in [0.1, 0.15) is 11.6 Å². The molecule has 1 fully saturated rings. The largest absolute Gasteiger partial charge is 0.351 e. The number of hydrogen-bond donors (Lipinski definition) is 3. The van der Waals surface area contributed by atoms with Gasteiger partial charge in [-0.2, -0.15) is 5.10 Å². The number of rotatable bonds is 6. The SMILES string of the molecule is O=C(CCNC(=O)c1ccc(F)cc1F)Nc1cc(C2CCCCCC2)[nH]n1. The summed E-state index contributed by atoms with van der Waals surface area (Å²) in [6.07, 6.45) is 7.21. The first kappa shape index (κ1) is 20.0. The monoisotopic (exact) mass is 390 g/mol. The highest BCUT2D eigenvalue weighted by molar-refractivity contribution is 5.95. The van der Waals surface area contributed by atoms with Gasteiger partial charge >= 0.3 is 0 Å². The van der Waals surface area contributed by atoms with Gasteiger partial charge in [0, 0.05) is 36.7 Å². The minimum Gasteiger partial charge on any atom is -0.351 e. The zero-order valence-electron chi connectivity index (χ0n) is 15.6. The zero-order chi connectivity index (χ0) is 19.9. The number of aromatic nitrogens is 2. The number of benzene rings is 1. The van der Waals surface area contributed by atoms with E-state index in [9.17, 15) is 18.4 Å². The molecule has 2 amide bonds. The predicted octanol–water partition coefficient (Wildman–Crippen LogP) is 3.88. The fraction of sp³-hybridized carbons (Fsp3) is 0.450. The van der Waals surface area contributed by atoms with Crippen LogP contribution < -0.4 is 10.6 Å². The van der Waals surface area contributed by atoms with Gasteiger partial charge in [-0.05, 0) is 25.0 Å². The van der Waals surface area contributed by atoms with Gasteiger partial charge in [0.15, 0.2) is 5.82 Å². The minimum absolute atomic E-state index is 0.0141. The van der Waals surface area contributed by atoms with Crippen LogP contribution in [0.2, 0.25) is 0 Å². The van der Waals surface area contributed by atoms with Crippen LogP contribution in [0.3, 0.4) is 0 Å². The normalized spacial score (nSPS) is 15.1. The van der Waals surface area contributed by atoms with Gasteiger partial charge in [0.25, 0.3) is 5.91 Å². The third kappa shape index (κ3) is 5.37. The Morgan fingerprint density at radius 2 is 1.86 bits per heavy atom. The van der Waals surface area contributed by atoms with E-state index >= 15 is 0 Å². The molecule has 1 aliphatic carbocycles. The summed E-state index contributed by atoms with van der Waals surface area (Å²) in [5.41, 5.74) is 0.777. The third-order valence-corrected chi connectivity index (χ3v) is 4.97. The first-order valence-electron chi connectivity index (χ1n) is 9.61. The summed E-state index contributed by atoms with van der Waals surface area (Å²) >= 11 is 0. The van der Waals surface area contributed by atoms with Crippen molar-refractivity contribution >= 4 is 17.6 Å². The van der Waals surface area contributed by atoms with E-state index in [1.54, 1.807) is 0 Å². The third-order valence-electron chi connectivity index (χ3n) is 4.97. The highest BCUT2D eigenvalue weighted by Crippen LogP contribution is 2.31. The molecular weight excluding hydrogens is 366 g/mol. The molecule has 28 heavy (non-hydrogen) atoms. The molecule has 1 saturated carbocycles. The predicted molar refractivity (Wildman–Crippen MR) is 101 cm³/mol. The molecule has 6 nitrogen and oxygen atoms in total. The van der Waals surface area contributed by atoms with Crippen molar-refractivity contribution in [2.75, 3.05) is 11.9 Å². The fourth-order valence-corrected chi connectivity index (χ4v) is 3.46. The molecule has 1 aromatic carbocycles. The van der Waals surface area contributed by atoms with Crippen LogP contribution in [-0.2, 0) is 4.79 Å². The van der Waals surface area contributed by atoms with Gasteiger partial charge < -0.3 is 10.6 Å². The van der Waals surface area contributed by atoms with E-state index in [2.05, 4.69) is 20.8 Å². The van der Waals surface area contributed by atoms with Crippen LogP contribution in [0.15, 0.2) is 24.3 Å². The number of amides is 2. The molecule has 1 aliphatic rings. The van der Waals surface area contributed by atoms with Gasteiger partial charge in [0.2, 0.25) is 5.91 Å². The molecule has 2 aromatic rings.